The fraction of sp³-hybridized carbons (Fsp3) is 0.923. The first kappa shape index (κ1) is 19.0. The van der Waals surface area contributed by atoms with Crippen LogP contribution in [0.25, 0.3) is 0 Å². The van der Waals surface area contributed by atoms with Crippen molar-refractivity contribution < 1.29 is 4.79 Å². The lowest BCUT2D eigenvalue weighted by molar-refractivity contribution is -0.137. The van der Waals surface area contributed by atoms with E-state index in [0.29, 0.717) is 11.9 Å². The molecule has 0 aromatic rings. The van der Waals surface area contributed by atoms with Gasteiger partial charge < -0.3 is 15.5 Å². The SMILES string of the molecule is CN(C)C1CCCN(C(=O)C2CCC(N)C2)C1.Cl.Cl. The molecule has 0 aromatic carbocycles. The smallest absolute Gasteiger partial charge is 0.225 e. The van der Waals surface area contributed by atoms with Gasteiger partial charge in [0.2, 0.25) is 5.91 Å². The molecule has 1 saturated heterocycles. The molecule has 0 spiro atoms. The van der Waals surface area contributed by atoms with Crippen molar-refractivity contribution in [3.63, 3.8) is 0 Å². The minimum absolute atomic E-state index is 0. The van der Waals surface area contributed by atoms with Crippen LogP contribution in [0.15, 0.2) is 0 Å². The zero-order valence-electron chi connectivity index (χ0n) is 11.9. The maximum Gasteiger partial charge on any atom is 0.225 e. The van der Waals surface area contributed by atoms with Crippen molar-refractivity contribution in [2.24, 2.45) is 11.7 Å². The summed E-state index contributed by atoms with van der Waals surface area (Å²) in [5.41, 5.74) is 5.89. The molecule has 6 heteroatoms. The molecule has 2 fully saturated rings. The highest BCUT2D eigenvalue weighted by Gasteiger charge is 2.33. The minimum Gasteiger partial charge on any atom is -0.341 e. The maximum atomic E-state index is 12.4. The van der Waals surface area contributed by atoms with Crippen LogP contribution in [0.2, 0.25) is 0 Å². The van der Waals surface area contributed by atoms with E-state index in [9.17, 15) is 4.79 Å². The molecule has 4 nitrogen and oxygen atoms in total. The number of likely N-dealkylation sites (N-methyl/N-ethyl adjacent to an activating group) is 1. The fourth-order valence-corrected chi connectivity index (χ4v) is 3.08. The number of carbonyl (C=O) groups is 1. The molecular formula is C13H27Cl2N3O. The molecule has 3 atom stereocenters. The van der Waals surface area contributed by atoms with Gasteiger partial charge in [-0.3, -0.25) is 4.79 Å². The molecule has 19 heavy (non-hydrogen) atoms. The summed E-state index contributed by atoms with van der Waals surface area (Å²) in [6.07, 6.45) is 5.24. The average Bonchev–Trinajstić information content (AvgIpc) is 2.75. The molecule has 1 saturated carbocycles. The van der Waals surface area contributed by atoms with Gasteiger partial charge in [0.1, 0.15) is 0 Å². The number of hydrogen-bond donors (Lipinski definition) is 1. The Balaban J connectivity index is 0.00000162. The van der Waals surface area contributed by atoms with E-state index in [1.54, 1.807) is 0 Å². The molecule has 1 amide bonds. The average molecular weight is 312 g/mol. The molecule has 1 aliphatic heterocycles. The van der Waals surface area contributed by atoms with Crippen molar-refractivity contribution in [3.05, 3.63) is 0 Å². The van der Waals surface area contributed by atoms with Crippen LogP contribution in [-0.4, -0.2) is 55.0 Å². The van der Waals surface area contributed by atoms with E-state index >= 15 is 0 Å². The van der Waals surface area contributed by atoms with Gasteiger partial charge in [0.15, 0.2) is 0 Å². The van der Waals surface area contributed by atoms with Gasteiger partial charge in [-0.1, -0.05) is 0 Å². The summed E-state index contributed by atoms with van der Waals surface area (Å²) in [5.74, 6) is 0.551. The summed E-state index contributed by atoms with van der Waals surface area (Å²) in [6, 6.07) is 0.779. The molecule has 2 aliphatic rings. The van der Waals surface area contributed by atoms with E-state index in [1.165, 1.54) is 6.42 Å². The van der Waals surface area contributed by atoms with Gasteiger partial charge in [-0.2, -0.15) is 0 Å². The zero-order valence-corrected chi connectivity index (χ0v) is 13.5. The Morgan fingerprint density at radius 1 is 1.21 bits per heavy atom. The van der Waals surface area contributed by atoms with Crippen LogP contribution in [-0.2, 0) is 4.79 Å². The number of halogens is 2. The number of likely N-dealkylation sites (tertiary alicyclic amines) is 1. The van der Waals surface area contributed by atoms with Crippen molar-refractivity contribution in [2.75, 3.05) is 27.2 Å². The Hall–Kier alpha value is -0.0300. The summed E-state index contributed by atoms with van der Waals surface area (Å²) >= 11 is 0. The van der Waals surface area contributed by atoms with Crippen molar-refractivity contribution in [3.8, 4) is 0 Å². The lowest BCUT2D eigenvalue weighted by Crippen LogP contribution is -2.49. The third-order valence-electron chi connectivity index (χ3n) is 4.26. The number of amides is 1. The van der Waals surface area contributed by atoms with Crippen LogP contribution in [0, 0.1) is 5.92 Å². The summed E-state index contributed by atoms with van der Waals surface area (Å²) in [7, 11) is 4.20. The second-order valence-electron chi connectivity index (χ2n) is 5.81. The summed E-state index contributed by atoms with van der Waals surface area (Å²) in [6.45, 7) is 1.84. The predicted molar refractivity (Wildman–Crippen MR) is 83.1 cm³/mol. The van der Waals surface area contributed by atoms with Crippen molar-refractivity contribution in [1.29, 1.82) is 0 Å². The predicted octanol–water partition coefficient (Wildman–Crippen LogP) is 1.51. The second kappa shape index (κ2) is 8.30. The topological polar surface area (TPSA) is 49.6 Å². The number of carbonyl (C=O) groups excluding carboxylic acids is 1. The Bertz CT molecular complexity index is 289. The van der Waals surface area contributed by atoms with Crippen LogP contribution >= 0.6 is 24.8 Å². The highest BCUT2D eigenvalue weighted by molar-refractivity contribution is 5.85. The number of nitrogens with zero attached hydrogens (tertiary/aromatic N) is 2. The Kier molecular flexibility index (Phi) is 8.29. The second-order valence-corrected chi connectivity index (χ2v) is 5.81. The van der Waals surface area contributed by atoms with Gasteiger partial charge in [0, 0.05) is 31.1 Å². The molecule has 2 N–H and O–H groups in total. The van der Waals surface area contributed by atoms with Crippen molar-refractivity contribution >= 4 is 30.7 Å². The van der Waals surface area contributed by atoms with Gasteiger partial charge >= 0.3 is 0 Å². The summed E-state index contributed by atoms with van der Waals surface area (Å²) in [4.78, 5) is 16.7. The molecule has 114 valence electrons. The van der Waals surface area contributed by atoms with E-state index in [2.05, 4.69) is 23.9 Å². The monoisotopic (exact) mass is 311 g/mol. The molecule has 1 aliphatic carbocycles. The van der Waals surface area contributed by atoms with E-state index in [1.807, 2.05) is 0 Å². The highest BCUT2D eigenvalue weighted by Crippen LogP contribution is 2.27. The van der Waals surface area contributed by atoms with E-state index in [0.717, 1.165) is 38.8 Å². The number of hydrogen-bond acceptors (Lipinski definition) is 3. The van der Waals surface area contributed by atoms with Crippen LogP contribution < -0.4 is 5.73 Å². The minimum atomic E-state index is 0. The lowest BCUT2D eigenvalue weighted by Gasteiger charge is -2.37. The van der Waals surface area contributed by atoms with Crippen LogP contribution in [0.3, 0.4) is 0 Å². The number of piperidine rings is 1. The standard InChI is InChI=1S/C13H25N3O.2ClH/c1-15(2)12-4-3-7-16(9-12)13(17)10-5-6-11(14)8-10;;/h10-12H,3-9,14H2,1-2H3;2*1H. The van der Waals surface area contributed by atoms with Gasteiger partial charge in [-0.15, -0.1) is 24.8 Å². The zero-order chi connectivity index (χ0) is 12.4. The Morgan fingerprint density at radius 2 is 1.89 bits per heavy atom. The fourth-order valence-electron chi connectivity index (χ4n) is 3.08. The molecule has 0 aromatic heterocycles. The molecule has 0 radical (unpaired) electrons. The highest BCUT2D eigenvalue weighted by atomic mass is 35.5. The van der Waals surface area contributed by atoms with Crippen LogP contribution in [0.1, 0.15) is 32.1 Å². The third-order valence-corrected chi connectivity index (χ3v) is 4.26. The first-order chi connectivity index (χ1) is 8.08. The maximum absolute atomic E-state index is 12.4. The van der Waals surface area contributed by atoms with E-state index in [4.69, 9.17) is 5.73 Å². The normalized spacial score (nSPS) is 30.7. The molecular weight excluding hydrogens is 285 g/mol. The van der Waals surface area contributed by atoms with Crippen LogP contribution in [0.5, 0.6) is 0 Å². The molecule has 0 bridgehead atoms. The largest absolute Gasteiger partial charge is 0.341 e. The number of nitrogens with two attached hydrogens (primary N) is 1. The summed E-state index contributed by atoms with van der Waals surface area (Å²) in [5, 5.41) is 0. The lowest BCUT2D eigenvalue weighted by atomic mass is 10.0. The first-order valence-electron chi connectivity index (χ1n) is 6.78. The van der Waals surface area contributed by atoms with Gasteiger partial charge in [0.05, 0.1) is 0 Å². The van der Waals surface area contributed by atoms with Gasteiger partial charge in [-0.25, -0.2) is 0 Å². The molecule has 3 unspecified atom stereocenters. The van der Waals surface area contributed by atoms with Crippen molar-refractivity contribution in [2.45, 2.75) is 44.2 Å². The van der Waals surface area contributed by atoms with Gasteiger partial charge in [-0.05, 0) is 46.2 Å². The van der Waals surface area contributed by atoms with Gasteiger partial charge in [0.25, 0.3) is 0 Å². The Labute approximate surface area is 128 Å². The summed E-state index contributed by atoms with van der Waals surface area (Å²) < 4.78 is 0. The number of rotatable bonds is 2. The Morgan fingerprint density at radius 3 is 2.42 bits per heavy atom. The van der Waals surface area contributed by atoms with Crippen molar-refractivity contribution in [1.82, 2.24) is 9.80 Å². The quantitative estimate of drug-likeness (QED) is 0.841. The first-order valence-corrected chi connectivity index (χ1v) is 6.78. The third kappa shape index (κ3) is 4.78. The molecule has 1 heterocycles. The van der Waals surface area contributed by atoms with Crippen LogP contribution in [0.4, 0.5) is 0 Å². The van der Waals surface area contributed by atoms with E-state index < -0.39 is 0 Å². The van der Waals surface area contributed by atoms with E-state index in [-0.39, 0.29) is 36.8 Å². The molecule has 2 rings (SSSR count).